The predicted molar refractivity (Wildman–Crippen MR) is 113 cm³/mol. The van der Waals surface area contributed by atoms with Gasteiger partial charge in [0.2, 0.25) is 0 Å². The van der Waals surface area contributed by atoms with Crippen molar-refractivity contribution in [3.8, 4) is 17.2 Å². The van der Waals surface area contributed by atoms with Crippen LogP contribution < -0.4 is 24.8 Å². The van der Waals surface area contributed by atoms with Gasteiger partial charge in [0.25, 0.3) is 17.5 Å². The maximum atomic E-state index is 14.0. The maximum Gasteiger partial charge on any atom is 0.440 e. The second-order valence-electron chi connectivity index (χ2n) is 7.26. The van der Waals surface area contributed by atoms with Crippen LogP contribution in [0.4, 0.5) is 18.0 Å². The van der Waals surface area contributed by atoms with E-state index in [0.29, 0.717) is 22.0 Å². The van der Waals surface area contributed by atoms with E-state index in [9.17, 15) is 27.6 Å². The van der Waals surface area contributed by atoms with Crippen molar-refractivity contribution in [2.75, 3.05) is 27.9 Å². The fourth-order valence-electron chi connectivity index (χ4n) is 3.41. The number of amides is 4. The van der Waals surface area contributed by atoms with Gasteiger partial charge in [-0.25, -0.2) is 4.79 Å². The molecule has 9 nitrogen and oxygen atoms in total. The fourth-order valence-corrected chi connectivity index (χ4v) is 3.41. The van der Waals surface area contributed by atoms with E-state index < -0.39 is 29.7 Å². The molecule has 12 heteroatoms. The fraction of sp³-hybridized carbons (Fsp3) is 0.318. The molecule has 1 saturated heterocycles. The summed E-state index contributed by atoms with van der Waals surface area (Å²) >= 11 is 0. The lowest BCUT2D eigenvalue weighted by atomic mass is 10.1. The molecule has 182 valence electrons. The SMILES string of the molecule is COc1cccc(C(=O)N[C@]2(C(F)(F)F)NC(=O)N(CCc3ccc(OC)c(OC)c3)C2=O)c1. The van der Waals surface area contributed by atoms with Gasteiger partial charge >= 0.3 is 12.2 Å². The molecule has 0 spiro atoms. The van der Waals surface area contributed by atoms with Crippen LogP contribution >= 0.6 is 0 Å². The van der Waals surface area contributed by atoms with Crippen molar-refractivity contribution >= 4 is 17.8 Å². The minimum atomic E-state index is -5.31. The molecule has 1 atom stereocenters. The average Bonchev–Trinajstić information content (AvgIpc) is 3.06. The molecule has 0 unspecified atom stereocenters. The lowest BCUT2D eigenvalue weighted by Crippen LogP contribution is -2.69. The van der Waals surface area contributed by atoms with Gasteiger partial charge in [0.15, 0.2) is 11.5 Å². The summed E-state index contributed by atoms with van der Waals surface area (Å²) in [5, 5.41) is 3.28. The van der Waals surface area contributed by atoms with Gasteiger partial charge in [0.05, 0.1) is 21.3 Å². The smallest absolute Gasteiger partial charge is 0.440 e. The first-order chi connectivity index (χ1) is 16.1. The van der Waals surface area contributed by atoms with Gasteiger partial charge < -0.3 is 19.5 Å². The van der Waals surface area contributed by atoms with Gasteiger partial charge in [0, 0.05) is 12.1 Å². The topological polar surface area (TPSA) is 106 Å². The first-order valence-corrected chi connectivity index (χ1v) is 9.94. The van der Waals surface area contributed by atoms with E-state index in [4.69, 9.17) is 14.2 Å². The molecule has 2 aromatic carbocycles. The molecule has 1 aliphatic heterocycles. The predicted octanol–water partition coefficient (Wildman–Crippen LogP) is 2.50. The number of ether oxygens (including phenoxy) is 3. The summed E-state index contributed by atoms with van der Waals surface area (Å²) < 4.78 is 57.4. The van der Waals surface area contributed by atoms with E-state index in [0.717, 1.165) is 0 Å². The van der Waals surface area contributed by atoms with Gasteiger partial charge in [0.1, 0.15) is 5.75 Å². The number of imide groups is 1. The van der Waals surface area contributed by atoms with Crippen molar-refractivity contribution in [1.82, 2.24) is 15.5 Å². The van der Waals surface area contributed by atoms with E-state index in [-0.39, 0.29) is 24.3 Å². The maximum absolute atomic E-state index is 14.0. The minimum Gasteiger partial charge on any atom is -0.497 e. The minimum absolute atomic E-state index is 0.0390. The van der Waals surface area contributed by atoms with Gasteiger partial charge in [-0.1, -0.05) is 12.1 Å². The zero-order chi connectivity index (χ0) is 25.1. The molecule has 0 saturated carbocycles. The van der Waals surface area contributed by atoms with Crippen LogP contribution in [0.3, 0.4) is 0 Å². The van der Waals surface area contributed by atoms with Gasteiger partial charge in [-0.05, 0) is 42.3 Å². The highest BCUT2D eigenvalue weighted by atomic mass is 19.4. The number of halogens is 3. The van der Waals surface area contributed by atoms with E-state index in [1.165, 1.54) is 45.6 Å². The van der Waals surface area contributed by atoms with Crippen LogP contribution in [0.25, 0.3) is 0 Å². The molecule has 34 heavy (non-hydrogen) atoms. The number of hydrogen-bond acceptors (Lipinski definition) is 6. The number of rotatable bonds is 8. The molecule has 0 radical (unpaired) electrons. The number of urea groups is 1. The first-order valence-electron chi connectivity index (χ1n) is 9.94. The number of benzene rings is 2. The van der Waals surface area contributed by atoms with Crippen molar-refractivity contribution in [3.63, 3.8) is 0 Å². The molecule has 0 aromatic heterocycles. The van der Waals surface area contributed by atoms with Gasteiger partial charge in [-0.15, -0.1) is 0 Å². The Labute approximate surface area is 192 Å². The monoisotopic (exact) mass is 481 g/mol. The van der Waals surface area contributed by atoms with E-state index >= 15 is 0 Å². The van der Waals surface area contributed by atoms with Crippen molar-refractivity contribution in [2.45, 2.75) is 18.3 Å². The molecule has 2 aromatic rings. The summed E-state index contributed by atoms with van der Waals surface area (Å²) in [6.07, 6.45) is -5.27. The lowest BCUT2D eigenvalue weighted by Gasteiger charge is -2.30. The van der Waals surface area contributed by atoms with Crippen LogP contribution in [0.1, 0.15) is 15.9 Å². The number of hydrogen-bond donors (Lipinski definition) is 2. The zero-order valence-corrected chi connectivity index (χ0v) is 18.5. The zero-order valence-electron chi connectivity index (χ0n) is 18.5. The largest absolute Gasteiger partial charge is 0.497 e. The van der Waals surface area contributed by atoms with Crippen LogP contribution in [0.2, 0.25) is 0 Å². The summed E-state index contributed by atoms with van der Waals surface area (Å²) in [5.74, 6) is -1.80. The number of nitrogens with one attached hydrogen (secondary N) is 2. The van der Waals surface area contributed by atoms with Gasteiger partial charge in [-0.2, -0.15) is 13.2 Å². The normalized spacial score (nSPS) is 17.9. The average molecular weight is 481 g/mol. The van der Waals surface area contributed by atoms with Crippen molar-refractivity contribution < 1.29 is 41.8 Å². The highest BCUT2D eigenvalue weighted by Gasteiger charge is 2.68. The lowest BCUT2D eigenvalue weighted by molar-refractivity contribution is -0.200. The van der Waals surface area contributed by atoms with E-state index in [1.807, 2.05) is 0 Å². The molecule has 1 heterocycles. The Morgan fingerprint density at radius 1 is 1.03 bits per heavy atom. The Bertz CT molecular complexity index is 1110. The summed E-state index contributed by atoms with van der Waals surface area (Å²) in [6.45, 7) is -0.368. The third kappa shape index (κ3) is 4.56. The van der Waals surface area contributed by atoms with Crippen LogP contribution in [0.5, 0.6) is 17.2 Å². The Kier molecular flexibility index (Phi) is 6.89. The second kappa shape index (κ2) is 9.49. The van der Waals surface area contributed by atoms with Gasteiger partial charge in [-0.3, -0.25) is 19.8 Å². The van der Waals surface area contributed by atoms with E-state index in [2.05, 4.69) is 0 Å². The molecule has 3 rings (SSSR count). The molecule has 1 aliphatic rings. The van der Waals surface area contributed by atoms with Crippen molar-refractivity contribution in [3.05, 3.63) is 53.6 Å². The van der Waals surface area contributed by atoms with Crippen LogP contribution in [-0.2, 0) is 11.2 Å². The highest BCUT2D eigenvalue weighted by Crippen LogP contribution is 2.34. The third-order valence-electron chi connectivity index (χ3n) is 5.24. The molecule has 0 bridgehead atoms. The Hall–Kier alpha value is -3.96. The van der Waals surface area contributed by atoms with Crippen LogP contribution in [0.15, 0.2) is 42.5 Å². The Balaban J connectivity index is 1.83. The quantitative estimate of drug-likeness (QED) is 0.562. The number of carbonyl (C=O) groups is 3. The Morgan fingerprint density at radius 3 is 2.35 bits per heavy atom. The standard InChI is InChI=1S/C22H22F3N3O6/c1-32-15-6-4-5-14(12-15)18(29)26-21(22(23,24)25)19(30)28(20(31)27-21)10-9-13-7-8-16(33-2)17(11-13)34-3/h4-8,11-12H,9-10H2,1-3H3,(H,26,29)(H,27,31)/t21-/m0/s1. The van der Waals surface area contributed by atoms with Crippen molar-refractivity contribution in [1.29, 1.82) is 0 Å². The second-order valence-corrected chi connectivity index (χ2v) is 7.26. The molecule has 1 fully saturated rings. The summed E-state index contributed by atoms with van der Waals surface area (Å²) in [7, 11) is 4.19. The summed E-state index contributed by atoms with van der Waals surface area (Å²) in [4.78, 5) is 38.2. The van der Waals surface area contributed by atoms with Crippen LogP contribution in [0, 0.1) is 0 Å². The molecule has 2 N–H and O–H groups in total. The summed E-state index contributed by atoms with van der Waals surface area (Å²) in [6, 6.07) is 8.86. The molecular weight excluding hydrogens is 459 g/mol. The number of alkyl halides is 3. The third-order valence-corrected chi connectivity index (χ3v) is 5.24. The van der Waals surface area contributed by atoms with Crippen LogP contribution in [-0.4, -0.2) is 62.5 Å². The molecular formula is C22H22F3N3O6. The molecule has 4 amide bonds. The van der Waals surface area contributed by atoms with Crippen molar-refractivity contribution in [2.24, 2.45) is 0 Å². The van der Waals surface area contributed by atoms with E-state index in [1.54, 1.807) is 28.8 Å². The Morgan fingerprint density at radius 2 is 1.74 bits per heavy atom. The summed E-state index contributed by atoms with van der Waals surface area (Å²) in [5.41, 5.74) is -3.21. The number of methoxy groups -OCH3 is 3. The first kappa shape index (κ1) is 24.7. The number of carbonyl (C=O) groups excluding carboxylic acids is 3. The highest BCUT2D eigenvalue weighted by molar-refractivity contribution is 6.10. The number of nitrogens with zero attached hydrogens (tertiary/aromatic N) is 1. The molecule has 0 aliphatic carbocycles.